The van der Waals surface area contributed by atoms with Crippen molar-refractivity contribution in [3.8, 4) is 0 Å². The highest BCUT2D eigenvalue weighted by molar-refractivity contribution is 7.89. The van der Waals surface area contributed by atoms with E-state index in [0.717, 1.165) is 6.07 Å². The number of carboxylic acids is 1. The number of hydrogen-bond donors (Lipinski definition) is 1. The van der Waals surface area contributed by atoms with E-state index in [2.05, 4.69) is 0 Å². The Labute approximate surface area is 151 Å². The van der Waals surface area contributed by atoms with Crippen molar-refractivity contribution in [2.75, 3.05) is 19.6 Å². The Morgan fingerprint density at radius 1 is 1.08 bits per heavy atom. The zero-order valence-electron chi connectivity index (χ0n) is 14.2. The molecule has 1 aromatic carbocycles. The number of hydrogen-bond acceptors (Lipinski definition) is 4. The van der Waals surface area contributed by atoms with E-state index >= 15 is 0 Å². The highest BCUT2D eigenvalue weighted by Crippen LogP contribution is 2.28. The van der Waals surface area contributed by atoms with Crippen LogP contribution in [0.25, 0.3) is 0 Å². The molecule has 0 aliphatic carbocycles. The molecule has 0 aromatic heterocycles. The molecule has 1 amide bonds. The molecule has 1 unspecified atom stereocenters. The molecule has 0 spiro atoms. The molecule has 26 heavy (non-hydrogen) atoms. The lowest BCUT2D eigenvalue weighted by atomic mass is 9.96. The Balaban J connectivity index is 1.67. The number of amides is 1. The first-order chi connectivity index (χ1) is 12.3. The molecule has 2 saturated heterocycles. The van der Waals surface area contributed by atoms with Gasteiger partial charge in [-0.3, -0.25) is 4.79 Å². The summed E-state index contributed by atoms with van der Waals surface area (Å²) in [6.07, 6.45) is 1.70. The molecule has 1 atom stereocenters. The van der Waals surface area contributed by atoms with E-state index in [1.54, 1.807) is 0 Å². The summed E-state index contributed by atoms with van der Waals surface area (Å²) in [5, 5.41) is 9.21. The van der Waals surface area contributed by atoms with Crippen LogP contribution in [0.1, 0.15) is 25.7 Å². The zero-order valence-corrected chi connectivity index (χ0v) is 15.0. The van der Waals surface area contributed by atoms with Crippen molar-refractivity contribution in [1.82, 2.24) is 9.21 Å². The molecule has 142 valence electrons. The maximum absolute atomic E-state index is 13.8. The minimum Gasteiger partial charge on any atom is -0.480 e. The van der Waals surface area contributed by atoms with Gasteiger partial charge in [-0.1, -0.05) is 12.1 Å². The molecule has 3 rings (SSSR count). The minimum atomic E-state index is -3.95. The van der Waals surface area contributed by atoms with Gasteiger partial charge in [0.25, 0.3) is 0 Å². The molecule has 1 aromatic rings. The van der Waals surface area contributed by atoms with Crippen LogP contribution in [0, 0.1) is 11.7 Å². The average molecular weight is 384 g/mol. The fraction of sp³-hybridized carbons (Fsp3) is 0.529. The summed E-state index contributed by atoms with van der Waals surface area (Å²) in [6.45, 7) is 0.640. The molecule has 1 N–H and O–H groups in total. The van der Waals surface area contributed by atoms with E-state index in [-0.39, 0.29) is 23.9 Å². The van der Waals surface area contributed by atoms with E-state index in [9.17, 15) is 27.5 Å². The number of benzene rings is 1. The number of aliphatic carboxylic acids is 1. The number of carbonyl (C=O) groups is 2. The van der Waals surface area contributed by atoms with Gasteiger partial charge in [0.2, 0.25) is 15.9 Å². The van der Waals surface area contributed by atoms with Crippen LogP contribution in [-0.4, -0.2) is 60.3 Å². The second kappa shape index (κ2) is 7.32. The van der Waals surface area contributed by atoms with Gasteiger partial charge in [-0.25, -0.2) is 17.6 Å². The van der Waals surface area contributed by atoms with Gasteiger partial charge in [0.15, 0.2) is 0 Å². The zero-order chi connectivity index (χ0) is 18.9. The molecule has 2 aliphatic heterocycles. The molecular formula is C17H21FN2O5S. The number of carboxylic acid groups (broad SMARTS) is 1. The number of rotatable bonds is 4. The number of sulfonamides is 1. The fourth-order valence-corrected chi connectivity index (χ4v) is 5.19. The molecule has 0 bridgehead atoms. The first kappa shape index (κ1) is 18.8. The summed E-state index contributed by atoms with van der Waals surface area (Å²) in [4.78, 5) is 24.9. The lowest BCUT2D eigenvalue weighted by Gasteiger charge is -2.33. The van der Waals surface area contributed by atoms with Gasteiger partial charge in [0.1, 0.15) is 16.8 Å². The van der Waals surface area contributed by atoms with Crippen molar-refractivity contribution in [2.45, 2.75) is 36.6 Å². The normalized spacial score (nSPS) is 22.5. The van der Waals surface area contributed by atoms with Crippen LogP contribution in [0.2, 0.25) is 0 Å². The molecular weight excluding hydrogens is 363 g/mol. The lowest BCUT2D eigenvalue weighted by Crippen LogP contribution is -2.47. The van der Waals surface area contributed by atoms with Crippen molar-refractivity contribution in [3.05, 3.63) is 30.1 Å². The molecule has 0 radical (unpaired) electrons. The Kier molecular flexibility index (Phi) is 5.29. The summed E-state index contributed by atoms with van der Waals surface area (Å²) in [5.74, 6) is -2.43. The largest absolute Gasteiger partial charge is 0.480 e. The van der Waals surface area contributed by atoms with E-state index in [1.165, 1.54) is 27.4 Å². The number of carbonyl (C=O) groups excluding carboxylic acids is 1. The molecule has 9 heteroatoms. The fourth-order valence-electron chi connectivity index (χ4n) is 3.66. The summed E-state index contributed by atoms with van der Waals surface area (Å²) in [5.41, 5.74) is 0. The molecule has 7 nitrogen and oxygen atoms in total. The van der Waals surface area contributed by atoms with Crippen LogP contribution < -0.4 is 0 Å². The number of halogens is 1. The van der Waals surface area contributed by atoms with E-state index in [4.69, 9.17) is 0 Å². The third kappa shape index (κ3) is 3.45. The second-order valence-electron chi connectivity index (χ2n) is 6.64. The standard InChI is InChI=1S/C17H21FN2O5S/c18-13-4-1-2-6-15(13)26(24,25)19-10-7-12(8-11-19)16(21)20-9-3-5-14(20)17(22)23/h1-2,4,6,12,14H,3,5,7-11H2,(H,22,23). The number of nitrogens with zero attached hydrogens (tertiary/aromatic N) is 2. The Bertz CT molecular complexity index is 805. The van der Waals surface area contributed by atoms with Crippen LogP contribution in [0.15, 0.2) is 29.2 Å². The van der Waals surface area contributed by atoms with E-state index < -0.39 is 33.8 Å². The number of piperidine rings is 1. The average Bonchev–Trinajstić information content (AvgIpc) is 3.11. The molecule has 2 fully saturated rings. The predicted octanol–water partition coefficient (Wildman–Crippen LogP) is 1.30. The van der Waals surface area contributed by atoms with Gasteiger partial charge >= 0.3 is 5.97 Å². The van der Waals surface area contributed by atoms with Crippen molar-refractivity contribution in [2.24, 2.45) is 5.92 Å². The van der Waals surface area contributed by atoms with Gasteiger partial charge < -0.3 is 10.0 Å². The smallest absolute Gasteiger partial charge is 0.326 e. The maximum Gasteiger partial charge on any atom is 0.326 e. The highest BCUT2D eigenvalue weighted by atomic mass is 32.2. The first-order valence-corrected chi connectivity index (χ1v) is 10.0. The minimum absolute atomic E-state index is 0.110. The van der Waals surface area contributed by atoms with Crippen LogP contribution in [0.3, 0.4) is 0 Å². The van der Waals surface area contributed by atoms with Crippen molar-refractivity contribution in [3.63, 3.8) is 0 Å². The van der Waals surface area contributed by atoms with Crippen molar-refractivity contribution < 1.29 is 27.5 Å². The maximum atomic E-state index is 13.8. The van der Waals surface area contributed by atoms with E-state index in [0.29, 0.717) is 32.2 Å². The molecule has 0 saturated carbocycles. The van der Waals surface area contributed by atoms with Crippen LogP contribution in [-0.2, 0) is 19.6 Å². The first-order valence-electron chi connectivity index (χ1n) is 8.60. The van der Waals surface area contributed by atoms with Crippen LogP contribution in [0.5, 0.6) is 0 Å². The quantitative estimate of drug-likeness (QED) is 0.844. The summed E-state index contributed by atoms with van der Waals surface area (Å²) in [7, 11) is -3.95. The van der Waals surface area contributed by atoms with Gasteiger partial charge in [-0.05, 0) is 37.8 Å². The van der Waals surface area contributed by atoms with Gasteiger partial charge in [0, 0.05) is 25.6 Å². The van der Waals surface area contributed by atoms with Gasteiger partial charge in [0.05, 0.1) is 0 Å². The summed E-state index contributed by atoms with van der Waals surface area (Å²) < 4.78 is 40.2. The molecule has 2 heterocycles. The summed E-state index contributed by atoms with van der Waals surface area (Å²) >= 11 is 0. The van der Waals surface area contributed by atoms with Crippen molar-refractivity contribution >= 4 is 21.9 Å². The highest BCUT2D eigenvalue weighted by Gasteiger charge is 2.39. The van der Waals surface area contributed by atoms with Crippen LogP contribution in [0.4, 0.5) is 4.39 Å². The van der Waals surface area contributed by atoms with E-state index in [1.807, 2.05) is 0 Å². The van der Waals surface area contributed by atoms with Gasteiger partial charge in [-0.2, -0.15) is 4.31 Å². The van der Waals surface area contributed by atoms with Crippen molar-refractivity contribution in [1.29, 1.82) is 0 Å². The summed E-state index contributed by atoms with van der Waals surface area (Å²) in [6, 6.07) is 4.43. The third-order valence-corrected chi connectivity index (χ3v) is 7.01. The van der Waals surface area contributed by atoms with Crippen LogP contribution >= 0.6 is 0 Å². The topological polar surface area (TPSA) is 95.0 Å². The Hall–Kier alpha value is -2.00. The molecule has 2 aliphatic rings. The monoisotopic (exact) mass is 384 g/mol. The second-order valence-corrected chi connectivity index (χ2v) is 8.54. The predicted molar refractivity (Wildman–Crippen MR) is 90.3 cm³/mol. The Morgan fingerprint density at radius 2 is 1.73 bits per heavy atom. The Morgan fingerprint density at radius 3 is 2.35 bits per heavy atom. The SMILES string of the molecule is O=C(O)C1CCCN1C(=O)C1CCN(S(=O)(=O)c2ccccc2F)CC1. The lowest BCUT2D eigenvalue weighted by molar-refractivity contribution is -0.150. The van der Waals surface area contributed by atoms with Gasteiger partial charge in [-0.15, -0.1) is 0 Å². The number of likely N-dealkylation sites (tertiary alicyclic amines) is 1. The third-order valence-electron chi connectivity index (χ3n) is 5.08.